The van der Waals surface area contributed by atoms with Gasteiger partial charge in [0.25, 0.3) is 0 Å². The highest BCUT2D eigenvalue weighted by atomic mass is 35.7. The van der Waals surface area contributed by atoms with Crippen LogP contribution in [0.5, 0.6) is 0 Å². The van der Waals surface area contributed by atoms with Crippen molar-refractivity contribution in [2.45, 2.75) is 0 Å². The van der Waals surface area contributed by atoms with Gasteiger partial charge < -0.3 is 0 Å². The average Bonchev–Trinajstić information content (AvgIpc) is 3.36. The molecule has 0 N–H and O–H groups in total. The molecule has 3 aromatic carbocycles. The zero-order valence-electron chi connectivity index (χ0n) is 16.6. The highest BCUT2D eigenvalue weighted by molar-refractivity contribution is 7.21. The molecule has 0 aliphatic heterocycles. The van der Waals surface area contributed by atoms with E-state index in [0.29, 0.717) is 0 Å². The second-order valence-corrected chi connectivity index (χ2v) is 9.75. The van der Waals surface area contributed by atoms with E-state index in [2.05, 4.69) is 30.3 Å². The molecule has 0 amide bonds. The summed E-state index contributed by atoms with van der Waals surface area (Å²) in [5, 5.41) is 1.83. The van der Waals surface area contributed by atoms with Crippen molar-refractivity contribution in [3.8, 4) is 21.3 Å². The molecule has 10 nitrogen and oxygen atoms in total. The van der Waals surface area contributed by atoms with Crippen molar-refractivity contribution in [1.82, 2.24) is 0 Å². The Balaban J connectivity index is 0.000000277. The maximum absolute atomic E-state index is 8.49. The highest BCUT2D eigenvalue weighted by Gasteiger charge is 2.23. The first-order valence-electron chi connectivity index (χ1n) is 8.84. The molecule has 34 heavy (non-hydrogen) atoms. The number of halogens is 2. The quantitative estimate of drug-likeness (QED) is 0.216. The smallest absolute Gasteiger partial charge is 0.222 e. The molecule has 0 aliphatic carbocycles. The predicted molar refractivity (Wildman–Crippen MR) is 101 cm³/mol. The molecule has 0 fully saturated rings. The van der Waals surface area contributed by atoms with E-state index < -0.39 is 20.5 Å². The molecule has 178 valence electrons. The van der Waals surface area contributed by atoms with Gasteiger partial charge in [-0.15, -0.1) is 20.5 Å². The number of para-hydroxylation sites is 2. The molecular weight excluding hydrogens is 535 g/mol. The maximum Gasteiger partial charge on any atom is 0.418 e. The lowest BCUT2D eigenvalue weighted by molar-refractivity contribution is -2.00. The fourth-order valence-corrected chi connectivity index (χ4v) is 4.55. The van der Waals surface area contributed by atoms with E-state index in [0.717, 1.165) is 41.8 Å². The summed E-state index contributed by atoms with van der Waals surface area (Å²) in [5.41, 5.74) is 3.99. The summed E-state index contributed by atoms with van der Waals surface area (Å²) in [5.74, 6) is 0. The van der Waals surface area contributed by atoms with Gasteiger partial charge in [0.15, 0.2) is 0 Å². The van der Waals surface area contributed by atoms with Crippen molar-refractivity contribution in [2.24, 2.45) is 0 Å². The zero-order valence-corrected chi connectivity index (χ0v) is 19.7. The van der Waals surface area contributed by atoms with Gasteiger partial charge in [0.05, 0.1) is 11.1 Å². The Bertz CT molecular complexity index is 1200. The Labute approximate surface area is 203 Å². The van der Waals surface area contributed by atoms with Crippen LogP contribution < -0.4 is 37.3 Å². The van der Waals surface area contributed by atoms with Gasteiger partial charge in [0.2, 0.25) is 0 Å². The van der Waals surface area contributed by atoms with Gasteiger partial charge in [0, 0.05) is 12.1 Å². The van der Waals surface area contributed by atoms with Crippen LogP contribution in [0.2, 0.25) is 0 Å². The third-order valence-corrected chi connectivity index (χ3v) is 5.97. The topological polar surface area (TPSA) is 207 Å². The summed E-state index contributed by atoms with van der Waals surface area (Å²) in [4.78, 5) is 0. The number of hydrogen-bond acceptors (Lipinski definition) is 10. The van der Waals surface area contributed by atoms with Crippen LogP contribution in [0.1, 0.15) is 0 Å². The van der Waals surface area contributed by atoms with Gasteiger partial charge >= 0.3 is 21.3 Å². The van der Waals surface area contributed by atoms with Crippen LogP contribution in [0, 0.1) is 20.5 Å². The van der Waals surface area contributed by atoms with E-state index in [4.69, 9.17) is 46.1 Å². The second-order valence-electron chi connectivity index (χ2n) is 6.21. The van der Waals surface area contributed by atoms with Gasteiger partial charge in [-0.3, -0.25) is 0 Å². The van der Waals surface area contributed by atoms with Crippen molar-refractivity contribution in [3.63, 3.8) is 0 Å². The van der Waals surface area contributed by atoms with Crippen LogP contribution >= 0.6 is 22.7 Å². The molecular formula is C20H12Cl2O10S2. The van der Waals surface area contributed by atoms with Gasteiger partial charge in [-0.2, -0.15) is 8.83 Å². The Morgan fingerprint density at radius 3 is 1.21 bits per heavy atom. The first kappa shape index (κ1) is 26.3. The first-order chi connectivity index (χ1) is 15.9. The minimum absolute atomic E-state index is 0.916. The minimum Gasteiger partial charge on any atom is -0.222 e. The second kappa shape index (κ2) is 11.0. The predicted octanol–water partition coefficient (Wildman–Crippen LogP) is -2.31. The molecule has 0 spiro atoms. The molecule has 0 saturated carbocycles. The molecule has 0 unspecified atom stereocenters. The van der Waals surface area contributed by atoms with Crippen molar-refractivity contribution in [1.29, 1.82) is 0 Å². The molecule has 0 atom stereocenters. The normalized spacial score (nSPS) is 11.5. The zero-order chi connectivity index (χ0) is 24.9. The minimum atomic E-state index is -4.94. The third kappa shape index (κ3) is 8.48. The van der Waals surface area contributed by atoms with E-state index in [9.17, 15) is 0 Å². The Morgan fingerprint density at radius 1 is 0.500 bits per heavy atom. The number of fused-ring (bicyclic) bond motifs is 2. The summed E-state index contributed by atoms with van der Waals surface area (Å²) in [7, 11) is -9.89. The molecule has 0 saturated heterocycles. The Kier molecular flexibility index (Phi) is 8.48. The lowest BCUT2D eigenvalue weighted by Crippen LogP contribution is -2.68. The molecule has 0 bridgehead atoms. The van der Waals surface area contributed by atoms with Crippen molar-refractivity contribution in [2.75, 3.05) is 0 Å². The van der Waals surface area contributed by atoms with E-state index in [1.807, 2.05) is 42.5 Å². The van der Waals surface area contributed by atoms with Gasteiger partial charge in [0.1, 0.15) is 9.40 Å². The number of hydrogen-bond donors (Lipinski definition) is 0. The van der Waals surface area contributed by atoms with Gasteiger partial charge in [-0.1, -0.05) is 30.3 Å². The van der Waals surface area contributed by atoms with E-state index >= 15 is 0 Å². The van der Waals surface area contributed by atoms with Gasteiger partial charge in [-0.25, -0.2) is 37.3 Å². The molecule has 5 aromatic rings. The van der Waals surface area contributed by atoms with Crippen LogP contribution in [0.25, 0.3) is 41.8 Å². The standard InChI is InChI=1S/C20H12O2S2.2ClHO4/c1-3-10-17-15(8-1)21-19(23-17)13-6-5-7-14(12-13)20-22-16-9-2-4-11-18(16)24-20;2*2-1(3,4)5/h1-12H;2*(H,2,3,4,5)/q+2;;/p-2. The number of rotatable bonds is 2. The van der Waals surface area contributed by atoms with E-state index in [-0.39, 0.29) is 0 Å². The summed E-state index contributed by atoms with van der Waals surface area (Å²) in [6, 6.07) is 24.5. The Morgan fingerprint density at radius 2 is 0.853 bits per heavy atom. The van der Waals surface area contributed by atoms with Crippen molar-refractivity contribution < 1.29 is 66.6 Å². The molecule has 0 aliphatic rings. The SMILES string of the molecule is [O-][Cl+3]([O-])([O-])[O-].[O-][Cl+3]([O-])([O-])[O-].c1cc(-c2[o+]c3ccccc3s2)cc(-c2[o+]c3ccccc3s2)c1. The maximum atomic E-state index is 8.49. The summed E-state index contributed by atoms with van der Waals surface area (Å²) in [6.07, 6.45) is 0. The van der Waals surface area contributed by atoms with E-state index in [1.54, 1.807) is 22.7 Å². The molecule has 0 radical (unpaired) electrons. The average molecular weight is 547 g/mol. The van der Waals surface area contributed by atoms with E-state index in [1.165, 1.54) is 0 Å². The molecule has 5 rings (SSSR count). The molecule has 2 aromatic heterocycles. The van der Waals surface area contributed by atoms with Crippen molar-refractivity contribution >= 4 is 43.2 Å². The summed E-state index contributed by atoms with van der Waals surface area (Å²) in [6.45, 7) is 0. The Hall–Kier alpha value is -2.30. The van der Waals surface area contributed by atoms with Crippen LogP contribution in [-0.2, 0) is 0 Å². The first-order valence-corrected chi connectivity index (χ1v) is 12.9. The third-order valence-electron chi connectivity index (χ3n) is 3.84. The lowest BCUT2D eigenvalue weighted by atomic mass is 10.1. The van der Waals surface area contributed by atoms with Crippen LogP contribution in [-0.4, -0.2) is 0 Å². The molecule has 14 heteroatoms. The highest BCUT2D eigenvalue weighted by Crippen LogP contribution is 2.38. The van der Waals surface area contributed by atoms with Gasteiger partial charge in [-0.05, 0) is 53.0 Å². The summed E-state index contributed by atoms with van der Waals surface area (Å²) < 4.78 is 82.2. The fraction of sp³-hybridized carbons (Fsp3) is 0. The summed E-state index contributed by atoms with van der Waals surface area (Å²) >= 11 is 3.33. The molecule has 2 heterocycles. The number of benzene rings is 3. The largest absolute Gasteiger partial charge is 0.418 e. The monoisotopic (exact) mass is 546 g/mol. The van der Waals surface area contributed by atoms with Crippen molar-refractivity contribution in [3.05, 3.63) is 72.8 Å². The fourth-order valence-electron chi connectivity index (χ4n) is 2.69. The van der Waals surface area contributed by atoms with Crippen LogP contribution in [0.3, 0.4) is 0 Å². The van der Waals surface area contributed by atoms with Crippen LogP contribution in [0.4, 0.5) is 0 Å². The lowest BCUT2D eigenvalue weighted by Gasteiger charge is -2.17. The van der Waals surface area contributed by atoms with Crippen LogP contribution in [0.15, 0.2) is 81.6 Å².